The van der Waals surface area contributed by atoms with Crippen LogP contribution in [0.15, 0.2) is 60.7 Å². The number of rotatable bonds is 9. The van der Waals surface area contributed by atoms with Crippen molar-refractivity contribution in [2.45, 2.75) is 77.9 Å². The van der Waals surface area contributed by atoms with Crippen molar-refractivity contribution in [3.05, 3.63) is 71.8 Å². The molecule has 0 saturated carbocycles. The minimum Gasteiger partial charge on any atom is -0.444 e. The molecule has 10 nitrogen and oxygen atoms in total. The molecule has 0 spiro atoms. The van der Waals surface area contributed by atoms with Gasteiger partial charge in [-0.25, -0.2) is 9.59 Å². The monoisotopic (exact) mass is 640 g/mol. The van der Waals surface area contributed by atoms with Gasteiger partial charge in [-0.2, -0.15) is 0 Å². The summed E-state index contributed by atoms with van der Waals surface area (Å²) in [5.74, 6) is 0.437. The van der Waals surface area contributed by atoms with E-state index in [4.69, 9.17) is 24.7 Å². The van der Waals surface area contributed by atoms with E-state index in [2.05, 4.69) is 53.4 Å². The Kier molecular flexibility index (Phi) is 13.9. The molecule has 0 aromatic heterocycles. The van der Waals surface area contributed by atoms with Crippen molar-refractivity contribution in [1.29, 1.82) is 0 Å². The number of hydrogen-bond donors (Lipinski definition) is 1. The Morgan fingerprint density at radius 2 is 1.11 bits per heavy atom. The summed E-state index contributed by atoms with van der Waals surface area (Å²) in [5, 5.41) is 0. The third-order valence-electron chi connectivity index (χ3n) is 7.89. The summed E-state index contributed by atoms with van der Waals surface area (Å²) in [6.45, 7) is 16.6. The van der Waals surface area contributed by atoms with Gasteiger partial charge in [0.15, 0.2) is 0 Å². The molecule has 2 aliphatic heterocycles. The Labute approximate surface area is 276 Å². The SMILES string of the molecule is COC[C@@H]1CN(C(=O)OC(C)(C)C)C[C@H]1N.COC[C@@H]1CN(C(=O)OC(C)(C)C)C[C@H]1N(Cc1ccccc1)Cc1ccccc1. The van der Waals surface area contributed by atoms with Crippen LogP contribution >= 0.6 is 0 Å². The van der Waals surface area contributed by atoms with Gasteiger partial charge in [0, 0.05) is 77.4 Å². The fraction of sp³-hybridized carbons (Fsp3) is 0.611. The summed E-state index contributed by atoms with van der Waals surface area (Å²) >= 11 is 0. The highest BCUT2D eigenvalue weighted by Gasteiger charge is 2.40. The predicted octanol–water partition coefficient (Wildman–Crippen LogP) is 5.40. The van der Waals surface area contributed by atoms with Crippen LogP contribution in [0.4, 0.5) is 9.59 Å². The molecule has 0 radical (unpaired) electrons. The van der Waals surface area contributed by atoms with E-state index in [9.17, 15) is 9.59 Å². The van der Waals surface area contributed by atoms with Gasteiger partial charge in [-0.15, -0.1) is 0 Å². The van der Waals surface area contributed by atoms with E-state index < -0.39 is 11.2 Å². The number of amides is 2. The zero-order valence-electron chi connectivity index (χ0n) is 29.1. The molecule has 256 valence electrons. The molecule has 0 bridgehead atoms. The molecule has 0 aliphatic carbocycles. The molecule has 4 rings (SSSR count). The lowest BCUT2D eigenvalue weighted by molar-refractivity contribution is 0.0266. The van der Waals surface area contributed by atoms with Crippen LogP contribution in [-0.2, 0) is 32.0 Å². The molecule has 2 saturated heterocycles. The van der Waals surface area contributed by atoms with Crippen LogP contribution in [-0.4, -0.2) is 104 Å². The molecule has 2 fully saturated rings. The van der Waals surface area contributed by atoms with Gasteiger partial charge in [-0.05, 0) is 52.7 Å². The number of nitrogens with zero attached hydrogens (tertiary/aromatic N) is 3. The maximum absolute atomic E-state index is 12.7. The van der Waals surface area contributed by atoms with Crippen LogP contribution in [0.3, 0.4) is 0 Å². The van der Waals surface area contributed by atoms with E-state index in [1.807, 2.05) is 58.6 Å². The minimum atomic E-state index is -0.500. The first-order valence-electron chi connectivity index (χ1n) is 16.2. The summed E-state index contributed by atoms with van der Waals surface area (Å²) in [6.07, 6.45) is -0.535. The smallest absolute Gasteiger partial charge is 0.410 e. The lowest BCUT2D eigenvalue weighted by Gasteiger charge is -2.32. The van der Waals surface area contributed by atoms with E-state index in [0.29, 0.717) is 39.4 Å². The van der Waals surface area contributed by atoms with Gasteiger partial charge >= 0.3 is 12.2 Å². The molecule has 2 aromatic carbocycles. The van der Waals surface area contributed by atoms with E-state index in [1.54, 1.807) is 19.1 Å². The topological polar surface area (TPSA) is 107 Å². The second-order valence-corrected chi connectivity index (χ2v) is 14.3. The number of carbonyl (C=O) groups excluding carboxylic acids is 2. The molecule has 0 unspecified atom stereocenters. The van der Waals surface area contributed by atoms with Crippen LogP contribution in [0, 0.1) is 11.8 Å². The Hall–Kier alpha value is -3.18. The highest BCUT2D eigenvalue weighted by molar-refractivity contribution is 5.69. The predicted molar refractivity (Wildman–Crippen MR) is 180 cm³/mol. The molecule has 46 heavy (non-hydrogen) atoms. The molecule has 2 aromatic rings. The fourth-order valence-electron chi connectivity index (χ4n) is 5.81. The zero-order chi connectivity index (χ0) is 33.9. The summed E-state index contributed by atoms with van der Waals surface area (Å²) < 4.78 is 21.5. The van der Waals surface area contributed by atoms with Crippen LogP contribution in [0.1, 0.15) is 52.7 Å². The summed E-state index contributed by atoms with van der Waals surface area (Å²) in [4.78, 5) is 30.5. The Morgan fingerprint density at radius 1 is 0.696 bits per heavy atom. The number of carbonyl (C=O) groups is 2. The summed E-state index contributed by atoms with van der Waals surface area (Å²) in [7, 11) is 3.37. The third kappa shape index (κ3) is 12.2. The molecular formula is C36H56N4O6. The van der Waals surface area contributed by atoms with Crippen molar-refractivity contribution in [2.24, 2.45) is 17.6 Å². The van der Waals surface area contributed by atoms with Crippen molar-refractivity contribution in [3.8, 4) is 0 Å². The summed E-state index contributed by atoms with van der Waals surface area (Å²) in [5.41, 5.74) is 7.50. The Balaban J connectivity index is 0.000000304. The largest absolute Gasteiger partial charge is 0.444 e. The van der Waals surface area contributed by atoms with E-state index in [0.717, 1.165) is 13.1 Å². The first kappa shape index (κ1) is 37.3. The number of benzene rings is 2. The first-order valence-corrected chi connectivity index (χ1v) is 16.2. The van der Waals surface area contributed by atoms with E-state index in [-0.39, 0.29) is 36.1 Å². The minimum absolute atomic E-state index is 0.0209. The van der Waals surface area contributed by atoms with Gasteiger partial charge in [-0.3, -0.25) is 4.90 Å². The zero-order valence-corrected chi connectivity index (χ0v) is 29.1. The molecule has 2 aliphatic rings. The normalized spacial score (nSPS) is 21.6. The molecule has 2 amide bonds. The molecule has 4 atom stereocenters. The van der Waals surface area contributed by atoms with Crippen LogP contribution in [0.5, 0.6) is 0 Å². The first-order chi connectivity index (χ1) is 21.7. The Morgan fingerprint density at radius 3 is 1.54 bits per heavy atom. The molecule has 2 N–H and O–H groups in total. The Bertz CT molecular complexity index is 1160. The number of likely N-dealkylation sites (tertiary alicyclic amines) is 2. The van der Waals surface area contributed by atoms with Gasteiger partial charge in [0.25, 0.3) is 0 Å². The van der Waals surface area contributed by atoms with E-state index >= 15 is 0 Å². The number of hydrogen-bond acceptors (Lipinski definition) is 8. The van der Waals surface area contributed by atoms with Gasteiger partial charge in [0.2, 0.25) is 0 Å². The van der Waals surface area contributed by atoms with Crippen molar-refractivity contribution in [3.63, 3.8) is 0 Å². The lowest BCUT2D eigenvalue weighted by Crippen LogP contribution is -2.42. The van der Waals surface area contributed by atoms with Crippen molar-refractivity contribution in [1.82, 2.24) is 14.7 Å². The lowest BCUT2D eigenvalue weighted by atomic mass is 10.0. The van der Waals surface area contributed by atoms with Gasteiger partial charge in [0.05, 0.1) is 13.2 Å². The number of methoxy groups -OCH3 is 2. The second-order valence-electron chi connectivity index (χ2n) is 14.3. The average molecular weight is 641 g/mol. The van der Waals surface area contributed by atoms with E-state index in [1.165, 1.54) is 11.1 Å². The molecule has 2 heterocycles. The maximum Gasteiger partial charge on any atom is 0.410 e. The highest BCUT2D eigenvalue weighted by atomic mass is 16.6. The average Bonchev–Trinajstić information content (AvgIpc) is 3.57. The summed E-state index contributed by atoms with van der Waals surface area (Å²) in [6, 6.07) is 21.2. The van der Waals surface area contributed by atoms with Crippen molar-refractivity contribution in [2.75, 3.05) is 53.6 Å². The quantitative estimate of drug-likeness (QED) is 0.389. The van der Waals surface area contributed by atoms with Gasteiger partial charge < -0.3 is 34.5 Å². The third-order valence-corrected chi connectivity index (χ3v) is 7.89. The maximum atomic E-state index is 12.7. The standard InChI is InChI=1S/C25H34N2O3.C11H22N2O3/c1-25(2,3)30-24(28)27-17-22(19-29-4)23(18-27)26(15-20-11-7-5-8-12-20)16-21-13-9-6-10-14-21;1-11(2,3)16-10(14)13-5-8(7-15-4)9(12)6-13/h5-14,22-23H,15-19H2,1-4H3;8-9H,5-7,12H2,1-4H3/t22-,23+;8-,9+/m00/s1. The van der Waals surface area contributed by atoms with Gasteiger partial charge in [0.1, 0.15) is 11.2 Å². The number of ether oxygens (including phenoxy) is 4. The van der Waals surface area contributed by atoms with Gasteiger partial charge in [-0.1, -0.05) is 60.7 Å². The molecular weight excluding hydrogens is 584 g/mol. The van der Waals surface area contributed by atoms with Crippen LogP contribution in [0.25, 0.3) is 0 Å². The van der Waals surface area contributed by atoms with Crippen molar-refractivity contribution >= 4 is 12.2 Å². The van der Waals surface area contributed by atoms with Crippen molar-refractivity contribution < 1.29 is 28.5 Å². The van der Waals surface area contributed by atoms with Crippen LogP contribution < -0.4 is 5.73 Å². The van der Waals surface area contributed by atoms with Crippen LogP contribution in [0.2, 0.25) is 0 Å². The number of nitrogens with two attached hydrogens (primary N) is 1. The highest BCUT2D eigenvalue weighted by Crippen LogP contribution is 2.27. The second kappa shape index (κ2) is 17.1. The fourth-order valence-corrected chi connectivity index (χ4v) is 5.81. The molecule has 10 heteroatoms.